The van der Waals surface area contributed by atoms with Crippen LogP contribution in [0.2, 0.25) is 0 Å². The molecule has 1 N–H and O–H groups in total. The SMILES string of the molecule is O=C1CCCC(C2CCCCC2)=C1O. The molecule has 0 heterocycles. The van der Waals surface area contributed by atoms with Crippen molar-refractivity contribution in [3.05, 3.63) is 11.3 Å². The Morgan fingerprint density at radius 1 is 1.00 bits per heavy atom. The van der Waals surface area contributed by atoms with Crippen molar-refractivity contribution in [1.82, 2.24) is 0 Å². The first-order valence-electron chi connectivity index (χ1n) is 5.74. The molecule has 2 aliphatic rings. The topological polar surface area (TPSA) is 37.3 Å². The fraction of sp³-hybridized carbons (Fsp3) is 0.750. The molecule has 0 aromatic rings. The molecular weight excluding hydrogens is 176 g/mol. The maximum atomic E-state index is 11.3. The van der Waals surface area contributed by atoms with Gasteiger partial charge in [0.25, 0.3) is 0 Å². The van der Waals surface area contributed by atoms with E-state index in [0.717, 1.165) is 18.4 Å². The first-order chi connectivity index (χ1) is 6.79. The van der Waals surface area contributed by atoms with Crippen molar-refractivity contribution in [3.8, 4) is 0 Å². The van der Waals surface area contributed by atoms with E-state index in [-0.39, 0.29) is 11.5 Å². The molecular formula is C12H18O2. The summed E-state index contributed by atoms with van der Waals surface area (Å²) in [6.07, 6.45) is 8.61. The number of aliphatic hydroxyl groups is 1. The van der Waals surface area contributed by atoms with Crippen LogP contribution in [-0.2, 0) is 4.79 Å². The average molecular weight is 194 g/mol. The average Bonchev–Trinajstić information content (AvgIpc) is 2.23. The molecule has 2 aliphatic carbocycles. The van der Waals surface area contributed by atoms with Crippen molar-refractivity contribution in [2.45, 2.75) is 51.4 Å². The van der Waals surface area contributed by atoms with Crippen molar-refractivity contribution in [1.29, 1.82) is 0 Å². The van der Waals surface area contributed by atoms with E-state index >= 15 is 0 Å². The third kappa shape index (κ3) is 1.84. The molecule has 2 rings (SSSR count). The minimum Gasteiger partial charge on any atom is -0.504 e. The smallest absolute Gasteiger partial charge is 0.197 e. The molecule has 1 saturated carbocycles. The maximum absolute atomic E-state index is 11.3. The van der Waals surface area contributed by atoms with Crippen LogP contribution >= 0.6 is 0 Å². The summed E-state index contributed by atoms with van der Waals surface area (Å²) in [6, 6.07) is 0. The van der Waals surface area contributed by atoms with Crippen LogP contribution in [0.5, 0.6) is 0 Å². The molecule has 0 amide bonds. The van der Waals surface area contributed by atoms with Gasteiger partial charge in [-0.2, -0.15) is 0 Å². The first-order valence-corrected chi connectivity index (χ1v) is 5.74. The summed E-state index contributed by atoms with van der Waals surface area (Å²) in [5.41, 5.74) is 1.07. The quantitative estimate of drug-likeness (QED) is 0.696. The number of ketones is 1. The van der Waals surface area contributed by atoms with E-state index in [2.05, 4.69) is 0 Å². The third-order valence-electron chi connectivity index (χ3n) is 3.52. The lowest BCUT2D eigenvalue weighted by molar-refractivity contribution is -0.118. The molecule has 0 radical (unpaired) electrons. The van der Waals surface area contributed by atoms with E-state index in [4.69, 9.17) is 0 Å². The first kappa shape index (κ1) is 9.75. The van der Waals surface area contributed by atoms with Crippen LogP contribution in [0, 0.1) is 5.92 Å². The molecule has 0 aromatic heterocycles. The van der Waals surface area contributed by atoms with Crippen LogP contribution in [0.3, 0.4) is 0 Å². The number of allylic oxidation sites excluding steroid dienone is 2. The van der Waals surface area contributed by atoms with Crippen molar-refractivity contribution in [2.24, 2.45) is 5.92 Å². The number of Topliss-reactive ketones (excluding diaryl/α,β-unsaturated/α-hetero) is 1. The second-order valence-electron chi connectivity index (χ2n) is 4.49. The van der Waals surface area contributed by atoms with Gasteiger partial charge in [0.15, 0.2) is 11.5 Å². The number of hydrogen-bond donors (Lipinski definition) is 1. The molecule has 0 bridgehead atoms. The van der Waals surface area contributed by atoms with Crippen LogP contribution < -0.4 is 0 Å². The Balaban J connectivity index is 2.14. The van der Waals surface area contributed by atoms with Crippen molar-refractivity contribution in [2.75, 3.05) is 0 Å². The zero-order valence-corrected chi connectivity index (χ0v) is 8.59. The number of rotatable bonds is 1. The molecule has 2 heteroatoms. The monoisotopic (exact) mass is 194 g/mol. The molecule has 0 spiro atoms. The van der Waals surface area contributed by atoms with E-state index < -0.39 is 0 Å². The lowest BCUT2D eigenvalue weighted by atomic mass is 9.79. The molecule has 78 valence electrons. The molecule has 2 nitrogen and oxygen atoms in total. The van der Waals surface area contributed by atoms with E-state index in [1.165, 1.54) is 32.1 Å². The van der Waals surface area contributed by atoms with Crippen molar-refractivity contribution in [3.63, 3.8) is 0 Å². The summed E-state index contributed by atoms with van der Waals surface area (Å²) in [5, 5.41) is 9.72. The Morgan fingerprint density at radius 2 is 1.71 bits per heavy atom. The Kier molecular flexibility index (Phi) is 2.90. The summed E-state index contributed by atoms with van der Waals surface area (Å²) in [7, 11) is 0. The van der Waals surface area contributed by atoms with Gasteiger partial charge in [-0.25, -0.2) is 0 Å². The summed E-state index contributed by atoms with van der Waals surface area (Å²) in [4.78, 5) is 11.3. The minimum absolute atomic E-state index is 0.0307. The van der Waals surface area contributed by atoms with E-state index in [1.807, 2.05) is 0 Å². The molecule has 14 heavy (non-hydrogen) atoms. The van der Waals surface area contributed by atoms with Crippen molar-refractivity contribution < 1.29 is 9.90 Å². The number of aliphatic hydroxyl groups excluding tert-OH is 1. The zero-order chi connectivity index (χ0) is 9.97. The standard InChI is InChI=1S/C12H18O2/c13-11-8-4-7-10(12(11)14)9-5-2-1-3-6-9/h9,14H,1-8H2. The molecule has 0 unspecified atom stereocenters. The zero-order valence-electron chi connectivity index (χ0n) is 8.59. The van der Waals surface area contributed by atoms with E-state index in [1.54, 1.807) is 0 Å². The summed E-state index contributed by atoms with van der Waals surface area (Å²) >= 11 is 0. The van der Waals surface area contributed by atoms with Gasteiger partial charge in [0.2, 0.25) is 0 Å². The number of hydrogen-bond acceptors (Lipinski definition) is 2. The van der Waals surface area contributed by atoms with Gasteiger partial charge in [0, 0.05) is 6.42 Å². The maximum Gasteiger partial charge on any atom is 0.197 e. The van der Waals surface area contributed by atoms with Gasteiger partial charge in [-0.05, 0) is 37.2 Å². The van der Waals surface area contributed by atoms with E-state index in [0.29, 0.717) is 12.3 Å². The van der Waals surface area contributed by atoms with Crippen LogP contribution in [0.15, 0.2) is 11.3 Å². The highest BCUT2D eigenvalue weighted by Gasteiger charge is 2.26. The van der Waals surface area contributed by atoms with Crippen LogP contribution in [0.25, 0.3) is 0 Å². The van der Waals surface area contributed by atoms with E-state index in [9.17, 15) is 9.90 Å². The second kappa shape index (κ2) is 4.16. The van der Waals surface area contributed by atoms with Gasteiger partial charge in [0.05, 0.1) is 0 Å². The second-order valence-corrected chi connectivity index (χ2v) is 4.49. The highest BCUT2D eigenvalue weighted by atomic mass is 16.3. The van der Waals surface area contributed by atoms with Gasteiger partial charge >= 0.3 is 0 Å². The predicted molar refractivity (Wildman–Crippen MR) is 55.1 cm³/mol. The molecule has 0 saturated heterocycles. The minimum atomic E-state index is -0.0307. The molecule has 0 atom stereocenters. The summed E-state index contributed by atoms with van der Waals surface area (Å²) < 4.78 is 0. The Hall–Kier alpha value is -0.790. The Morgan fingerprint density at radius 3 is 2.43 bits per heavy atom. The Bertz CT molecular complexity index is 259. The normalized spacial score (nSPS) is 25.6. The number of carbonyl (C=O) groups excluding carboxylic acids is 1. The lowest BCUT2D eigenvalue weighted by Gasteiger charge is -2.27. The van der Waals surface area contributed by atoms with Gasteiger partial charge in [-0.1, -0.05) is 19.3 Å². The molecule has 0 aromatic carbocycles. The van der Waals surface area contributed by atoms with Gasteiger partial charge in [-0.15, -0.1) is 0 Å². The summed E-state index contributed by atoms with van der Waals surface area (Å²) in [6.45, 7) is 0. The van der Waals surface area contributed by atoms with Crippen LogP contribution in [0.1, 0.15) is 51.4 Å². The Labute approximate surface area is 85.0 Å². The number of carbonyl (C=O) groups is 1. The third-order valence-corrected chi connectivity index (χ3v) is 3.52. The molecule has 1 fully saturated rings. The highest BCUT2D eigenvalue weighted by molar-refractivity contribution is 5.94. The predicted octanol–water partition coefficient (Wildman–Crippen LogP) is 3.13. The fourth-order valence-electron chi connectivity index (χ4n) is 2.70. The van der Waals surface area contributed by atoms with Gasteiger partial charge in [0.1, 0.15) is 0 Å². The highest BCUT2D eigenvalue weighted by Crippen LogP contribution is 2.35. The van der Waals surface area contributed by atoms with Gasteiger partial charge < -0.3 is 5.11 Å². The largest absolute Gasteiger partial charge is 0.504 e. The molecule has 0 aliphatic heterocycles. The fourth-order valence-corrected chi connectivity index (χ4v) is 2.70. The summed E-state index contributed by atoms with van der Waals surface area (Å²) in [5.74, 6) is 0.591. The lowest BCUT2D eigenvalue weighted by Crippen LogP contribution is -2.18. The van der Waals surface area contributed by atoms with Gasteiger partial charge in [-0.3, -0.25) is 4.79 Å². The van der Waals surface area contributed by atoms with Crippen LogP contribution in [0.4, 0.5) is 0 Å². The van der Waals surface area contributed by atoms with Crippen LogP contribution in [-0.4, -0.2) is 10.9 Å². The van der Waals surface area contributed by atoms with Crippen molar-refractivity contribution >= 4 is 5.78 Å².